The zero-order valence-corrected chi connectivity index (χ0v) is 10.7. The molecule has 1 N–H and O–H groups in total. The molecule has 92 valence electrons. The molecule has 0 spiro atoms. The standard InChI is InChI=1S/C11H15N3O2S/c1-12-10-8-3-6-17-11(8)14-9(13-10)7-16-5-4-15-2/h3,6H,4-5,7H2,1-2H3,(H,12,13,14). The Labute approximate surface area is 104 Å². The van der Waals surface area contributed by atoms with Crippen molar-refractivity contribution in [2.45, 2.75) is 6.61 Å². The first-order valence-electron chi connectivity index (χ1n) is 5.33. The van der Waals surface area contributed by atoms with Crippen LogP contribution < -0.4 is 5.32 Å². The van der Waals surface area contributed by atoms with Crippen molar-refractivity contribution in [1.29, 1.82) is 0 Å². The summed E-state index contributed by atoms with van der Waals surface area (Å²) in [5, 5.41) is 6.14. The summed E-state index contributed by atoms with van der Waals surface area (Å²) in [6.07, 6.45) is 0. The lowest BCUT2D eigenvalue weighted by Crippen LogP contribution is -2.06. The number of hydrogen-bond donors (Lipinski definition) is 1. The van der Waals surface area contributed by atoms with Crippen molar-refractivity contribution >= 4 is 27.4 Å². The van der Waals surface area contributed by atoms with Crippen molar-refractivity contribution in [3.05, 3.63) is 17.3 Å². The van der Waals surface area contributed by atoms with Gasteiger partial charge in [0.05, 0.1) is 18.6 Å². The summed E-state index contributed by atoms with van der Waals surface area (Å²) in [5.74, 6) is 1.54. The smallest absolute Gasteiger partial charge is 0.158 e. The lowest BCUT2D eigenvalue weighted by molar-refractivity contribution is 0.0588. The molecule has 0 atom stereocenters. The number of rotatable bonds is 6. The molecule has 0 bridgehead atoms. The van der Waals surface area contributed by atoms with Gasteiger partial charge in [0.15, 0.2) is 5.82 Å². The number of nitrogens with zero attached hydrogens (tertiary/aromatic N) is 2. The van der Waals surface area contributed by atoms with E-state index in [-0.39, 0.29) is 0 Å². The van der Waals surface area contributed by atoms with E-state index < -0.39 is 0 Å². The van der Waals surface area contributed by atoms with Gasteiger partial charge in [-0.05, 0) is 11.4 Å². The molecule has 0 amide bonds. The van der Waals surface area contributed by atoms with E-state index in [2.05, 4.69) is 15.3 Å². The second-order valence-corrected chi connectivity index (χ2v) is 4.32. The van der Waals surface area contributed by atoms with Gasteiger partial charge in [-0.15, -0.1) is 11.3 Å². The van der Waals surface area contributed by atoms with Gasteiger partial charge >= 0.3 is 0 Å². The van der Waals surface area contributed by atoms with Gasteiger partial charge in [0.1, 0.15) is 17.3 Å². The molecule has 2 aromatic rings. The first kappa shape index (κ1) is 12.2. The minimum absolute atomic E-state index is 0.409. The van der Waals surface area contributed by atoms with Crippen LogP contribution in [0.25, 0.3) is 10.2 Å². The number of hydrogen-bond acceptors (Lipinski definition) is 6. The molecular formula is C11H15N3O2S. The van der Waals surface area contributed by atoms with Gasteiger partial charge in [-0.3, -0.25) is 0 Å². The van der Waals surface area contributed by atoms with E-state index in [0.29, 0.717) is 25.6 Å². The Balaban J connectivity index is 2.11. The van der Waals surface area contributed by atoms with Gasteiger partial charge in [0.2, 0.25) is 0 Å². The number of anilines is 1. The zero-order chi connectivity index (χ0) is 12.1. The summed E-state index contributed by atoms with van der Waals surface area (Å²) < 4.78 is 10.3. The number of methoxy groups -OCH3 is 1. The number of thiophene rings is 1. The first-order chi connectivity index (χ1) is 8.35. The monoisotopic (exact) mass is 253 g/mol. The van der Waals surface area contributed by atoms with Crippen LogP contribution in [0.1, 0.15) is 5.82 Å². The number of fused-ring (bicyclic) bond motifs is 1. The Morgan fingerprint density at radius 2 is 2.24 bits per heavy atom. The van der Waals surface area contributed by atoms with Crippen LogP contribution in [-0.4, -0.2) is 37.3 Å². The summed E-state index contributed by atoms with van der Waals surface area (Å²) in [4.78, 5) is 9.83. The molecule has 17 heavy (non-hydrogen) atoms. The molecule has 0 aliphatic carbocycles. The first-order valence-corrected chi connectivity index (χ1v) is 6.21. The highest BCUT2D eigenvalue weighted by molar-refractivity contribution is 7.16. The zero-order valence-electron chi connectivity index (χ0n) is 9.90. The Kier molecular flexibility index (Phi) is 4.24. The van der Waals surface area contributed by atoms with Crippen molar-refractivity contribution < 1.29 is 9.47 Å². The lowest BCUT2D eigenvalue weighted by Gasteiger charge is -2.06. The third-order valence-electron chi connectivity index (χ3n) is 2.27. The summed E-state index contributed by atoms with van der Waals surface area (Å²) in [6.45, 7) is 1.54. The minimum Gasteiger partial charge on any atom is -0.382 e. The minimum atomic E-state index is 0.409. The van der Waals surface area contributed by atoms with Crippen molar-refractivity contribution in [3.63, 3.8) is 0 Å². The van der Waals surface area contributed by atoms with Crippen molar-refractivity contribution in [3.8, 4) is 0 Å². The van der Waals surface area contributed by atoms with E-state index in [1.165, 1.54) is 0 Å². The molecule has 0 aliphatic rings. The normalized spacial score (nSPS) is 10.9. The molecule has 2 aromatic heterocycles. The Morgan fingerprint density at radius 3 is 3.00 bits per heavy atom. The number of nitrogens with one attached hydrogen (secondary N) is 1. The van der Waals surface area contributed by atoms with Crippen LogP contribution in [0.3, 0.4) is 0 Å². The quantitative estimate of drug-likeness (QED) is 0.797. The van der Waals surface area contributed by atoms with E-state index in [4.69, 9.17) is 9.47 Å². The molecule has 5 nitrogen and oxygen atoms in total. The van der Waals surface area contributed by atoms with Crippen LogP contribution >= 0.6 is 11.3 Å². The Hall–Kier alpha value is -1.24. The maximum absolute atomic E-state index is 5.41. The predicted molar refractivity (Wildman–Crippen MR) is 68.5 cm³/mol. The molecule has 2 rings (SSSR count). The average Bonchev–Trinajstić information content (AvgIpc) is 2.81. The fraction of sp³-hybridized carbons (Fsp3) is 0.455. The summed E-state index contributed by atoms with van der Waals surface area (Å²) >= 11 is 1.60. The van der Waals surface area contributed by atoms with E-state index in [0.717, 1.165) is 16.0 Å². The van der Waals surface area contributed by atoms with Crippen LogP contribution in [0.15, 0.2) is 11.4 Å². The van der Waals surface area contributed by atoms with Gasteiger partial charge < -0.3 is 14.8 Å². The van der Waals surface area contributed by atoms with Crippen LogP contribution in [0, 0.1) is 0 Å². The fourth-order valence-electron chi connectivity index (χ4n) is 1.46. The second kappa shape index (κ2) is 5.90. The highest BCUT2D eigenvalue weighted by Gasteiger charge is 2.07. The summed E-state index contributed by atoms with van der Waals surface area (Å²) in [6, 6.07) is 2.02. The lowest BCUT2D eigenvalue weighted by atomic mass is 10.4. The maximum Gasteiger partial charge on any atom is 0.158 e. The topological polar surface area (TPSA) is 56.3 Å². The van der Waals surface area contributed by atoms with Crippen LogP contribution in [0.5, 0.6) is 0 Å². The Morgan fingerprint density at radius 1 is 1.35 bits per heavy atom. The Bertz CT molecular complexity index is 487. The number of aromatic nitrogens is 2. The SMILES string of the molecule is CNc1nc(COCCOC)nc2sccc12. The molecule has 6 heteroatoms. The van der Waals surface area contributed by atoms with Crippen molar-refractivity contribution in [2.75, 3.05) is 32.7 Å². The van der Waals surface area contributed by atoms with E-state index in [1.807, 2.05) is 18.5 Å². The molecule has 0 aliphatic heterocycles. The predicted octanol–water partition coefficient (Wildman–Crippen LogP) is 1.90. The third kappa shape index (κ3) is 2.91. The average molecular weight is 253 g/mol. The molecular weight excluding hydrogens is 238 g/mol. The maximum atomic E-state index is 5.41. The van der Waals surface area contributed by atoms with Gasteiger partial charge in [-0.25, -0.2) is 9.97 Å². The molecule has 2 heterocycles. The highest BCUT2D eigenvalue weighted by atomic mass is 32.1. The molecule has 0 saturated heterocycles. The van der Waals surface area contributed by atoms with Gasteiger partial charge in [0, 0.05) is 14.2 Å². The summed E-state index contributed by atoms with van der Waals surface area (Å²) in [5.41, 5.74) is 0. The van der Waals surface area contributed by atoms with Gasteiger partial charge in [0.25, 0.3) is 0 Å². The molecule has 0 radical (unpaired) electrons. The van der Waals surface area contributed by atoms with Crippen molar-refractivity contribution in [2.24, 2.45) is 0 Å². The fourth-order valence-corrected chi connectivity index (χ4v) is 2.24. The third-order valence-corrected chi connectivity index (χ3v) is 3.08. The van der Waals surface area contributed by atoms with E-state index >= 15 is 0 Å². The van der Waals surface area contributed by atoms with Gasteiger partial charge in [-0.1, -0.05) is 0 Å². The second-order valence-electron chi connectivity index (χ2n) is 3.42. The van der Waals surface area contributed by atoms with Gasteiger partial charge in [-0.2, -0.15) is 0 Å². The van der Waals surface area contributed by atoms with E-state index in [1.54, 1.807) is 18.4 Å². The largest absolute Gasteiger partial charge is 0.382 e. The van der Waals surface area contributed by atoms with Crippen molar-refractivity contribution in [1.82, 2.24) is 9.97 Å². The summed E-state index contributed by atoms with van der Waals surface area (Å²) in [7, 11) is 3.51. The van der Waals surface area contributed by atoms with Crippen LogP contribution in [0.4, 0.5) is 5.82 Å². The molecule has 0 fully saturated rings. The van der Waals surface area contributed by atoms with Crippen LogP contribution in [0.2, 0.25) is 0 Å². The van der Waals surface area contributed by atoms with E-state index in [9.17, 15) is 0 Å². The molecule has 0 unspecified atom stereocenters. The number of ether oxygens (including phenoxy) is 2. The van der Waals surface area contributed by atoms with Crippen LogP contribution in [-0.2, 0) is 16.1 Å². The molecule has 0 aromatic carbocycles. The molecule has 0 saturated carbocycles. The highest BCUT2D eigenvalue weighted by Crippen LogP contribution is 2.24.